The van der Waals surface area contributed by atoms with Crippen LogP contribution in [-0.4, -0.2) is 74.4 Å². The summed E-state index contributed by atoms with van der Waals surface area (Å²) >= 11 is 0.936. The fraction of sp³-hybridized carbons (Fsp3) is 0.333. The number of unbranched alkanes of at least 4 members (excludes halogenated alkanes) is 2. The van der Waals surface area contributed by atoms with Crippen molar-refractivity contribution in [2.24, 2.45) is 0 Å². The van der Waals surface area contributed by atoms with E-state index < -0.39 is 0 Å². The van der Waals surface area contributed by atoms with Gasteiger partial charge in [0, 0.05) is 26.2 Å². The fourth-order valence-electron chi connectivity index (χ4n) is 4.82. The first-order valence-electron chi connectivity index (χ1n) is 14.3. The summed E-state index contributed by atoms with van der Waals surface area (Å²) in [6.45, 7) is 6.42. The summed E-state index contributed by atoms with van der Waals surface area (Å²) < 4.78 is 16.9. The van der Waals surface area contributed by atoms with E-state index in [2.05, 4.69) is 16.8 Å². The molecule has 3 aromatic rings. The molecule has 0 unspecified atom stereocenters. The number of amides is 2. The Morgan fingerprint density at radius 2 is 1.38 bits per heavy atom. The van der Waals surface area contributed by atoms with Gasteiger partial charge in [-0.15, -0.1) is 0 Å². The summed E-state index contributed by atoms with van der Waals surface area (Å²) in [4.78, 5) is 32.3. The van der Waals surface area contributed by atoms with Gasteiger partial charge in [-0.1, -0.05) is 12.1 Å². The monoisotopic (exact) mass is 587 g/mol. The zero-order chi connectivity index (χ0) is 29.3. The summed E-state index contributed by atoms with van der Waals surface area (Å²) in [5.74, 6) is 2.51. The number of rotatable bonds is 12. The van der Waals surface area contributed by atoms with E-state index in [0.717, 1.165) is 74.4 Å². The van der Waals surface area contributed by atoms with Gasteiger partial charge in [0.15, 0.2) is 0 Å². The van der Waals surface area contributed by atoms with Crippen LogP contribution < -0.4 is 19.1 Å². The Morgan fingerprint density at radius 1 is 0.762 bits per heavy atom. The number of anilines is 1. The van der Waals surface area contributed by atoms with Crippen molar-refractivity contribution in [3.05, 3.63) is 83.3 Å². The maximum atomic E-state index is 13.1. The normalized spacial score (nSPS) is 17.2. The molecular weight excluding hydrogens is 550 g/mol. The number of methoxy groups -OCH3 is 1. The van der Waals surface area contributed by atoms with Crippen molar-refractivity contribution in [3.63, 3.8) is 0 Å². The van der Waals surface area contributed by atoms with Gasteiger partial charge >= 0.3 is 0 Å². The molecule has 9 heteroatoms. The quantitative estimate of drug-likeness (QED) is 0.175. The second kappa shape index (κ2) is 14.4. The SMILES string of the molecule is COc1ccc(Oc2ccc(/C=C3\SC(=O)N(c4ccc(OCCCCCN5CCN(C)CC5)cc4)C3=O)cc2)cc1. The first-order chi connectivity index (χ1) is 20.5. The van der Waals surface area contributed by atoms with Crippen molar-refractivity contribution in [2.45, 2.75) is 19.3 Å². The van der Waals surface area contributed by atoms with Gasteiger partial charge < -0.3 is 24.0 Å². The molecule has 220 valence electrons. The minimum Gasteiger partial charge on any atom is -0.497 e. The first kappa shape index (κ1) is 29.7. The highest BCUT2D eigenvalue weighted by atomic mass is 32.2. The van der Waals surface area contributed by atoms with E-state index in [1.165, 1.54) is 11.3 Å². The molecular formula is C33H37N3O5S. The minimum atomic E-state index is -0.336. The average Bonchev–Trinajstić information content (AvgIpc) is 3.29. The summed E-state index contributed by atoms with van der Waals surface area (Å²) in [7, 11) is 3.80. The maximum Gasteiger partial charge on any atom is 0.298 e. The number of carbonyl (C=O) groups is 2. The smallest absolute Gasteiger partial charge is 0.298 e. The molecule has 8 nitrogen and oxygen atoms in total. The van der Waals surface area contributed by atoms with Crippen LogP contribution in [0.3, 0.4) is 0 Å². The molecule has 0 aliphatic carbocycles. The van der Waals surface area contributed by atoms with Crippen molar-refractivity contribution < 1.29 is 23.8 Å². The lowest BCUT2D eigenvalue weighted by molar-refractivity contribution is -0.113. The Kier molecular flexibility index (Phi) is 10.2. The Hall–Kier alpha value is -3.79. The largest absolute Gasteiger partial charge is 0.497 e. The van der Waals surface area contributed by atoms with Crippen LogP contribution in [0.15, 0.2) is 77.7 Å². The molecule has 2 fully saturated rings. The van der Waals surface area contributed by atoms with E-state index >= 15 is 0 Å². The Balaban J connectivity index is 1.08. The third kappa shape index (κ3) is 7.94. The van der Waals surface area contributed by atoms with Crippen molar-refractivity contribution >= 4 is 34.7 Å². The van der Waals surface area contributed by atoms with Gasteiger partial charge in [0.25, 0.3) is 11.1 Å². The van der Waals surface area contributed by atoms with Gasteiger partial charge in [-0.25, -0.2) is 4.90 Å². The number of ether oxygens (including phenoxy) is 3. The van der Waals surface area contributed by atoms with E-state index in [4.69, 9.17) is 14.2 Å². The van der Waals surface area contributed by atoms with Crippen molar-refractivity contribution in [1.29, 1.82) is 0 Å². The van der Waals surface area contributed by atoms with Crippen molar-refractivity contribution in [3.8, 4) is 23.0 Å². The molecule has 42 heavy (non-hydrogen) atoms. The number of likely N-dealkylation sites (N-methyl/N-ethyl adjacent to an activating group) is 1. The molecule has 0 atom stereocenters. The molecule has 2 heterocycles. The lowest BCUT2D eigenvalue weighted by Gasteiger charge is -2.32. The predicted molar refractivity (Wildman–Crippen MR) is 168 cm³/mol. The molecule has 0 N–H and O–H groups in total. The Labute approximate surface area is 251 Å². The van der Waals surface area contributed by atoms with E-state index in [-0.39, 0.29) is 11.1 Å². The van der Waals surface area contributed by atoms with Crippen LogP contribution in [0.25, 0.3) is 6.08 Å². The van der Waals surface area contributed by atoms with Gasteiger partial charge in [0.1, 0.15) is 23.0 Å². The van der Waals surface area contributed by atoms with Crippen molar-refractivity contribution in [2.75, 3.05) is 58.4 Å². The van der Waals surface area contributed by atoms with Crippen LogP contribution in [0.5, 0.6) is 23.0 Å². The lowest BCUT2D eigenvalue weighted by Crippen LogP contribution is -2.44. The minimum absolute atomic E-state index is 0.320. The van der Waals surface area contributed by atoms with Crippen LogP contribution >= 0.6 is 11.8 Å². The summed E-state index contributed by atoms with van der Waals surface area (Å²) in [6.07, 6.45) is 5.04. The highest BCUT2D eigenvalue weighted by Crippen LogP contribution is 2.36. The zero-order valence-corrected chi connectivity index (χ0v) is 25.0. The van der Waals surface area contributed by atoms with Crippen LogP contribution in [-0.2, 0) is 4.79 Å². The van der Waals surface area contributed by atoms with E-state index in [9.17, 15) is 9.59 Å². The lowest BCUT2D eigenvalue weighted by atomic mass is 10.2. The molecule has 0 spiro atoms. The van der Waals surface area contributed by atoms with Crippen LogP contribution in [0.1, 0.15) is 24.8 Å². The second-order valence-corrected chi connectivity index (χ2v) is 11.4. The first-order valence-corrected chi connectivity index (χ1v) is 15.1. The maximum absolute atomic E-state index is 13.1. The molecule has 5 rings (SSSR count). The predicted octanol–water partition coefficient (Wildman–Crippen LogP) is 6.52. The Bertz CT molecular complexity index is 1370. The van der Waals surface area contributed by atoms with Gasteiger partial charge in [0.05, 0.1) is 24.3 Å². The van der Waals surface area contributed by atoms with Crippen LogP contribution in [0, 0.1) is 0 Å². The molecule has 2 aliphatic heterocycles. The zero-order valence-electron chi connectivity index (χ0n) is 24.2. The van der Waals surface area contributed by atoms with E-state index in [0.29, 0.717) is 28.7 Å². The van der Waals surface area contributed by atoms with Crippen LogP contribution in [0.2, 0.25) is 0 Å². The average molecular weight is 588 g/mol. The van der Waals surface area contributed by atoms with E-state index in [1.54, 1.807) is 25.3 Å². The summed E-state index contributed by atoms with van der Waals surface area (Å²) in [5, 5.41) is -0.320. The molecule has 0 aromatic heterocycles. The van der Waals surface area contributed by atoms with Gasteiger partial charge in [0.2, 0.25) is 0 Å². The van der Waals surface area contributed by atoms with Gasteiger partial charge in [-0.2, -0.15) is 0 Å². The number of piperazine rings is 1. The second-order valence-electron chi connectivity index (χ2n) is 10.4. The molecule has 2 aliphatic rings. The van der Waals surface area contributed by atoms with Gasteiger partial charge in [-0.05, 0) is 117 Å². The standard InChI is InChI=1S/C33H37N3O5S/c1-34-19-21-35(22-20-34)18-4-3-5-23-40-28-12-8-26(9-13-28)36-32(37)31(42-33(36)38)24-25-6-10-29(11-7-25)41-30-16-14-27(39-2)15-17-30/h6-17,24H,3-5,18-23H2,1-2H3/b31-24-. The fourth-order valence-corrected chi connectivity index (χ4v) is 5.66. The topological polar surface area (TPSA) is 71.6 Å². The third-order valence-corrected chi connectivity index (χ3v) is 8.21. The Morgan fingerprint density at radius 3 is 2.05 bits per heavy atom. The molecule has 2 amide bonds. The number of imide groups is 1. The molecule has 0 saturated carbocycles. The highest BCUT2D eigenvalue weighted by Gasteiger charge is 2.36. The number of thioether (sulfide) groups is 1. The number of hydrogen-bond acceptors (Lipinski definition) is 8. The number of nitrogens with zero attached hydrogens (tertiary/aromatic N) is 3. The molecule has 0 bridgehead atoms. The number of hydrogen-bond donors (Lipinski definition) is 0. The van der Waals surface area contributed by atoms with E-state index in [1.807, 2.05) is 60.7 Å². The molecule has 3 aromatic carbocycles. The number of benzene rings is 3. The van der Waals surface area contributed by atoms with Crippen molar-refractivity contribution in [1.82, 2.24) is 9.80 Å². The summed E-state index contributed by atoms with van der Waals surface area (Å²) in [5.41, 5.74) is 1.33. The summed E-state index contributed by atoms with van der Waals surface area (Å²) in [6, 6.07) is 21.8. The number of carbonyl (C=O) groups excluding carboxylic acids is 2. The van der Waals surface area contributed by atoms with Gasteiger partial charge in [-0.3, -0.25) is 9.59 Å². The highest BCUT2D eigenvalue weighted by molar-refractivity contribution is 8.19. The molecule has 2 saturated heterocycles. The van der Waals surface area contributed by atoms with Crippen LogP contribution in [0.4, 0.5) is 10.5 Å². The third-order valence-electron chi connectivity index (χ3n) is 7.34. The molecule has 0 radical (unpaired) electrons.